The van der Waals surface area contributed by atoms with Gasteiger partial charge in [-0.15, -0.1) is 0 Å². The fourth-order valence-corrected chi connectivity index (χ4v) is 2.79. The van der Waals surface area contributed by atoms with Crippen molar-refractivity contribution in [1.82, 2.24) is 15.2 Å². The highest BCUT2D eigenvalue weighted by Gasteiger charge is 2.28. The Labute approximate surface area is 145 Å². The van der Waals surface area contributed by atoms with Gasteiger partial charge in [-0.2, -0.15) is 0 Å². The number of benzene rings is 1. The molecule has 1 fully saturated rings. The molecule has 0 spiro atoms. The molecule has 1 atom stereocenters. The van der Waals surface area contributed by atoms with Gasteiger partial charge < -0.3 is 19.4 Å². The predicted octanol–water partition coefficient (Wildman–Crippen LogP) is 3.31. The number of para-hydroxylation sites is 1. The van der Waals surface area contributed by atoms with Crippen LogP contribution in [0.1, 0.15) is 23.8 Å². The Morgan fingerprint density at radius 1 is 1.46 bits per heavy atom. The molecule has 6 nitrogen and oxygen atoms in total. The van der Waals surface area contributed by atoms with Gasteiger partial charge in [0.2, 0.25) is 5.89 Å². The van der Waals surface area contributed by atoms with E-state index in [4.69, 9.17) is 20.8 Å². The Hall–Kier alpha value is -2.21. The first-order valence-electron chi connectivity index (χ1n) is 7.90. The standard InChI is InChI=1S/C17H20ClN3O3/c1-11-12(2)23-16(20-11)9-19-17(22)21-8-7-13(10-21)24-15-6-4-3-5-14(15)18/h3-6,13H,7-10H2,1-2H3,(H,19,22)/t13-/m1/s1. The van der Waals surface area contributed by atoms with E-state index in [1.807, 2.05) is 32.0 Å². The minimum atomic E-state index is -0.145. The number of rotatable bonds is 4. The number of nitrogens with zero attached hydrogens (tertiary/aromatic N) is 2. The summed E-state index contributed by atoms with van der Waals surface area (Å²) in [5, 5.41) is 3.41. The molecule has 24 heavy (non-hydrogen) atoms. The van der Waals surface area contributed by atoms with Crippen molar-refractivity contribution in [3.8, 4) is 5.75 Å². The van der Waals surface area contributed by atoms with E-state index in [0.717, 1.165) is 17.9 Å². The molecule has 0 saturated carbocycles. The normalized spacial score (nSPS) is 17.1. The van der Waals surface area contributed by atoms with Crippen molar-refractivity contribution >= 4 is 17.6 Å². The van der Waals surface area contributed by atoms with E-state index in [2.05, 4.69) is 10.3 Å². The summed E-state index contributed by atoms with van der Waals surface area (Å²) in [5.41, 5.74) is 0.841. The van der Waals surface area contributed by atoms with E-state index in [0.29, 0.717) is 29.8 Å². The molecular formula is C17H20ClN3O3. The van der Waals surface area contributed by atoms with Crippen LogP contribution < -0.4 is 10.1 Å². The van der Waals surface area contributed by atoms with Gasteiger partial charge in [-0.3, -0.25) is 0 Å². The summed E-state index contributed by atoms with van der Waals surface area (Å²) in [7, 11) is 0. The van der Waals surface area contributed by atoms with Gasteiger partial charge in [-0.1, -0.05) is 23.7 Å². The number of likely N-dealkylation sites (tertiary alicyclic amines) is 1. The lowest BCUT2D eigenvalue weighted by Crippen LogP contribution is -2.39. The molecule has 1 aromatic carbocycles. The van der Waals surface area contributed by atoms with E-state index in [-0.39, 0.29) is 18.7 Å². The number of hydrogen-bond donors (Lipinski definition) is 1. The topological polar surface area (TPSA) is 67.6 Å². The minimum Gasteiger partial charge on any atom is -0.487 e. The zero-order valence-corrected chi connectivity index (χ0v) is 14.5. The van der Waals surface area contributed by atoms with Gasteiger partial charge in [0, 0.05) is 13.0 Å². The van der Waals surface area contributed by atoms with Crippen molar-refractivity contribution in [2.24, 2.45) is 0 Å². The molecule has 2 aromatic rings. The highest BCUT2D eigenvalue weighted by molar-refractivity contribution is 6.32. The fourth-order valence-electron chi connectivity index (χ4n) is 2.61. The maximum absolute atomic E-state index is 12.2. The molecule has 1 N–H and O–H groups in total. The van der Waals surface area contributed by atoms with Crippen LogP contribution in [0, 0.1) is 13.8 Å². The van der Waals surface area contributed by atoms with Gasteiger partial charge in [-0.25, -0.2) is 9.78 Å². The first kappa shape index (κ1) is 16.6. The van der Waals surface area contributed by atoms with E-state index in [1.165, 1.54) is 0 Å². The van der Waals surface area contributed by atoms with Crippen LogP contribution in [0.3, 0.4) is 0 Å². The summed E-state index contributed by atoms with van der Waals surface area (Å²) in [4.78, 5) is 18.2. The smallest absolute Gasteiger partial charge is 0.317 e. The molecule has 7 heteroatoms. The molecule has 2 amide bonds. The van der Waals surface area contributed by atoms with Gasteiger partial charge in [-0.05, 0) is 26.0 Å². The number of carbonyl (C=O) groups is 1. The molecule has 1 saturated heterocycles. The second kappa shape index (κ2) is 7.13. The lowest BCUT2D eigenvalue weighted by molar-refractivity contribution is 0.186. The monoisotopic (exact) mass is 349 g/mol. The number of carbonyl (C=O) groups excluding carboxylic acids is 1. The molecule has 0 radical (unpaired) electrons. The van der Waals surface area contributed by atoms with Crippen LogP contribution in [0.5, 0.6) is 5.75 Å². The molecule has 0 unspecified atom stereocenters. The average Bonchev–Trinajstić information content (AvgIpc) is 3.15. The van der Waals surface area contributed by atoms with Crippen molar-refractivity contribution in [1.29, 1.82) is 0 Å². The molecule has 3 rings (SSSR count). The average molecular weight is 350 g/mol. The van der Waals surface area contributed by atoms with Crippen LogP contribution in [-0.4, -0.2) is 35.1 Å². The van der Waals surface area contributed by atoms with Crippen LogP contribution in [0.15, 0.2) is 28.7 Å². The molecule has 0 aliphatic carbocycles. The van der Waals surface area contributed by atoms with E-state index >= 15 is 0 Å². The maximum atomic E-state index is 12.2. The van der Waals surface area contributed by atoms with Crippen molar-refractivity contribution in [3.63, 3.8) is 0 Å². The first-order chi connectivity index (χ1) is 11.5. The fraction of sp³-hybridized carbons (Fsp3) is 0.412. The molecule has 128 valence electrons. The number of hydrogen-bond acceptors (Lipinski definition) is 4. The van der Waals surface area contributed by atoms with Crippen LogP contribution in [0.4, 0.5) is 4.79 Å². The molecule has 0 bridgehead atoms. The highest BCUT2D eigenvalue weighted by atomic mass is 35.5. The number of urea groups is 1. The van der Waals surface area contributed by atoms with E-state index < -0.39 is 0 Å². The van der Waals surface area contributed by atoms with Crippen LogP contribution in [0.25, 0.3) is 0 Å². The third-order valence-electron chi connectivity index (χ3n) is 4.03. The number of nitrogens with one attached hydrogen (secondary N) is 1. The Morgan fingerprint density at radius 3 is 2.96 bits per heavy atom. The van der Waals surface area contributed by atoms with Crippen molar-refractivity contribution in [2.45, 2.75) is 32.9 Å². The zero-order chi connectivity index (χ0) is 17.1. The highest BCUT2D eigenvalue weighted by Crippen LogP contribution is 2.26. The van der Waals surface area contributed by atoms with Gasteiger partial charge in [0.15, 0.2) is 0 Å². The number of halogens is 1. The summed E-state index contributed by atoms with van der Waals surface area (Å²) in [6.45, 7) is 5.18. The predicted molar refractivity (Wildman–Crippen MR) is 90.3 cm³/mol. The molecule has 2 heterocycles. The SMILES string of the molecule is Cc1nc(CNC(=O)N2CC[C@@H](Oc3ccccc3Cl)C2)oc1C. The summed E-state index contributed by atoms with van der Waals surface area (Å²) in [6.07, 6.45) is 0.720. The summed E-state index contributed by atoms with van der Waals surface area (Å²) in [6, 6.07) is 7.21. The summed E-state index contributed by atoms with van der Waals surface area (Å²) < 4.78 is 11.3. The molecule has 1 aliphatic rings. The van der Waals surface area contributed by atoms with Crippen molar-refractivity contribution in [3.05, 3.63) is 46.6 Å². The molecule has 1 aromatic heterocycles. The Bertz CT molecular complexity index is 712. The summed E-state index contributed by atoms with van der Waals surface area (Å²) >= 11 is 6.10. The van der Waals surface area contributed by atoms with Crippen LogP contribution >= 0.6 is 11.6 Å². The van der Waals surface area contributed by atoms with E-state index in [9.17, 15) is 4.79 Å². The first-order valence-corrected chi connectivity index (χ1v) is 8.27. The second-order valence-electron chi connectivity index (χ2n) is 5.81. The van der Waals surface area contributed by atoms with E-state index in [1.54, 1.807) is 11.0 Å². The van der Waals surface area contributed by atoms with Gasteiger partial charge in [0.05, 0.1) is 23.8 Å². The maximum Gasteiger partial charge on any atom is 0.317 e. The third-order valence-corrected chi connectivity index (χ3v) is 4.34. The second-order valence-corrected chi connectivity index (χ2v) is 6.22. The zero-order valence-electron chi connectivity index (χ0n) is 13.7. The minimum absolute atomic E-state index is 0.0538. The third kappa shape index (κ3) is 3.82. The Morgan fingerprint density at radius 2 is 2.25 bits per heavy atom. The Balaban J connectivity index is 1.49. The summed E-state index contributed by atoms with van der Waals surface area (Å²) in [5.74, 6) is 1.94. The van der Waals surface area contributed by atoms with Gasteiger partial charge in [0.25, 0.3) is 0 Å². The lowest BCUT2D eigenvalue weighted by Gasteiger charge is -2.18. The number of amides is 2. The van der Waals surface area contributed by atoms with Crippen molar-refractivity contribution in [2.75, 3.05) is 13.1 Å². The number of aryl methyl sites for hydroxylation is 2. The molecular weight excluding hydrogens is 330 g/mol. The number of aromatic nitrogens is 1. The van der Waals surface area contributed by atoms with Gasteiger partial charge in [0.1, 0.15) is 17.6 Å². The largest absolute Gasteiger partial charge is 0.487 e. The molecule has 1 aliphatic heterocycles. The van der Waals surface area contributed by atoms with Crippen LogP contribution in [-0.2, 0) is 6.54 Å². The van der Waals surface area contributed by atoms with Crippen molar-refractivity contribution < 1.29 is 13.9 Å². The number of oxazole rings is 1. The lowest BCUT2D eigenvalue weighted by atomic mass is 10.3. The van der Waals surface area contributed by atoms with Gasteiger partial charge >= 0.3 is 6.03 Å². The number of ether oxygens (including phenoxy) is 1. The Kier molecular flexibility index (Phi) is 4.94. The van der Waals surface area contributed by atoms with Crippen LogP contribution in [0.2, 0.25) is 5.02 Å². The quantitative estimate of drug-likeness (QED) is 0.919.